The van der Waals surface area contributed by atoms with E-state index in [1.54, 1.807) is 0 Å². The van der Waals surface area contributed by atoms with E-state index in [-0.39, 0.29) is 34.0 Å². The SMILES string of the molecule is COC(=O)c1ccc(S(=O)(=O)NCC2(C)CCNCC2)c(OC)c1.Cl. The lowest BCUT2D eigenvalue weighted by atomic mass is 9.81. The second-order valence-corrected chi connectivity index (χ2v) is 7.98. The van der Waals surface area contributed by atoms with Gasteiger partial charge in [-0.25, -0.2) is 17.9 Å². The molecule has 1 aromatic carbocycles. The molecule has 0 amide bonds. The zero-order chi connectivity index (χ0) is 17.8. The van der Waals surface area contributed by atoms with E-state index in [9.17, 15) is 13.2 Å². The number of halogens is 1. The largest absolute Gasteiger partial charge is 0.495 e. The van der Waals surface area contributed by atoms with Crippen molar-refractivity contribution >= 4 is 28.4 Å². The van der Waals surface area contributed by atoms with Crippen molar-refractivity contribution in [1.82, 2.24) is 10.0 Å². The summed E-state index contributed by atoms with van der Waals surface area (Å²) in [6.07, 6.45) is 1.82. The first-order chi connectivity index (χ1) is 11.3. The third kappa shape index (κ3) is 5.31. The molecule has 142 valence electrons. The smallest absolute Gasteiger partial charge is 0.337 e. The number of carbonyl (C=O) groups is 1. The van der Waals surface area contributed by atoms with Crippen LogP contribution in [0.4, 0.5) is 0 Å². The van der Waals surface area contributed by atoms with E-state index in [4.69, 9.17) is 4.74 Å². The predicted octanol–water partition coefficient (Wildman–Crippen LogP) is 1.57. The van der Waals surface area contributed by atoms with Crippen LogP contribution in [0.1, 0.15) is 30.1 Å². The maximum Gasteiger partial charge on any atom is 0.337 e. The quantitative estimate of drug-likeness (QED) is 0.714. The van der Waals surface area contributed by atoms with E-state index in [1.807, 2.05) is 0 Å². The van der Waals surface area contributed by atoms with Gasteiger partial charge in [0, 0.05) is 6.54 Å². The molecule has 7 nitrogen and oxygen atoms in total. The van der Waals surface area contributed by atoms with Crippen molar-refractivity contribution in [3.63, 3.8) is 0 Å². The summed E-state index contributed by atoms with van der Waals surface area (Å²) in [7, 11) is -1.11. The van der Waals surface area contributed by atoms with E-state index in [2.05, 4.69) is 21.7 Å². The number of piperidine rings is 1. The molecule has 1 aliphatic rings. The van der Waals surface area contributed by atoms with Gasteiger partial charge in [-0.3, -0.25) is 0 Å². The highest BCUT2D eigenvalue weighted by molar-refractivity contribution is 7.89. The van der Waals surface area contributed by atoms with E-state index >= 15 is 0 Å². The van der Waals surface area contributed by atoms with Crippen molar-refractivity contribution < 1.29 is 22.7 Å². The number of hydrogen-bond acceptors (Lipinski definition) is 6. The fourth-order valence-electron chi connectivity index (χ4n) is 2.69. The summed E-state index contributed by atoms with van der Waals surface area (Å²) in [6.45, 7) is 4.21. The van der Waals surface area contributed by atoms with Gasteiger partial charge in [0.25, 0.3) is 0 Å². The number of hydrogen-bond donors (Lipinski definition) is 2. The van der Waals surface area contributed by atoms with E-state index < -0.39 is 16.0 Å². The van der Waals surface area contributed by atoms with Crippen molar-refractivity contribution in [3.05, 3.63) is 23.8 Å². The molecular weight excluding hydrogens is 368 g/mol. The van der Waals surface area contributed by atoms with E-state index in [0.29, 0.717) is 6.54 Å². The van der Waals surface area contributed by atoms with Crippen LogP contribution in [-0.2, 0) is 14.8 Å². The van der Waals surface area contributed by atoms with Gasteiger partial charge in [0.1, 0.15) is 10.6 Å². The molecule has 1 heterocycles. The molecular formula is C16H25ClN2O5S. The molecule has 0 bridgehead atoms. The van der Waals surface area contributed by atoms with E-state index in [1.165, 1.54) is 32.4 Å². The van der Waals surface area contributed by atoms with Crippen LogP contribution in [0.3, 0.4) is 0 Å². The lowest BCUT2D eigenvalue weighted by molar-refractivity contribution is 0.0600. The Hall–Kier alpha value is -1.35. The average molecular weight is 393 g/mol. The van der Waals surface area contributed by atoms with Crippen LogP contribution in [0.25, 0.3) is 0 Å². The van der Waals surface area contributed by atoms with Crippen molar-refractivity contribution in [2.24, 2.45) is 5.41 Å². The van der Waals surface area contributed by atoms with Crippen LogP contribution in [0.15, 0.2) is 23.1 Å². The Balaban J connectivity index is 0.00000312. The minimum Gasteiger partial charge on any atom is -0.495 e. The second-order valence-electron chi connectivity index (χ2n) is 6.24. The third-order valence-corrected chi connectivity index (χ3v) is 5.81. The first-order valence-corrected chi connectivity index (χ1v) is 9.26. The van der Waals surface area contributed by atoms with Gasteiger partial charge in [-0.15, -0.1) is 12.4 Å². The minimum atomic E-state index is -3.74. The van der Waals surface area contributed by atoms with Gasteiger partial charge in [-0.1, -0.05) is 6.92 Å². The lowest BCUT2D eigenvalue weighted by Gasteiger charge is -2.34. The van der Waals surface area contributed by atoms with Crippen LogP contribution in [0.2, 0.25) is 0 Å². The van der Waals surface area contributed by atoms with Crippen molar-refractivity contribution in [2.75, 3.05) is 33.9 Å². The fraction of sp³-hybridized carbons (Fsp3) is 0.562. The van der Waals surface area contributed by atoms with Crippen molar-refractivity contribution in [1.29, 1.82) is 0 Å². The molecule has 2 rings (SSSR count). The Morgan fingerprint density at radius 2 is 1.92 bits per heavy atom. The zero-order valence-corrected chi connectivity index (χ0v) is 16.3. The molecule has 0 atom stereocenters. The van der Waals surface area contributed by atoms with Gasteiger partial charge in [0.05, 0.1) is 19.8 Å². The second kappa shape index (κ2) is 8.84. The molecule has 2 N–H and O–H groups in total. The summed E-state index contributed by atoms with van der Waals surface area (Å²) >= 11 is 0. The summed E-state index contributed by atoms with van der Waals surface area (Å²) in [5, 5.41) is 3.27. The average Bonchev–Trinajstić information content (AvgIpc) is 2.59. The van der Waals surface area contributed by atoms with Crippen LogP contribution >= 0.6 is 12.4 Å². The Bertz CT molecular complexity index is 702. The standard InChI is InChI=1S/C16H24N2O5S.ClH/c1-16(6-8-17-9-7-16)11-18-24(20,21)14-5-4-12(15(19)23-3)10-13(14)22-2;/h4-5,10,17-18H,6-9,11H2,1-3H3;1H. The first-order valence-electron chi connectivity index (χ1n) is 7.78. The molecule has 1 fully saturated rings. The topological polar surface area (TPSA) is 93.7 Å². The van der Waals surface area contributed by atoms with Crippen LogP contribution in [0, 0.1) is 5.41 Å². The first kappa shape index (κ1) is 21.7. The van der Waals surface area contributed by atoms with Gasteiger partial charge in [0.15, 0.2) is 0 Å². The Morgan fingerprint density at radius 1 is 1.28 bits per heavy atom. The normalized spacial score (nSPS) is 16.6. The summed E-state index contributed by atoms with van der Waals surface area (Å²) in [6, 6.07) is 4.14. The minimum absolute atomic E-state index is 0. The number of methoxy groups -OCH3 is 2. The monoisotopic (exact) mass is 392 g/mol. The van der Waals surface area contributed by atoms with Crippen LogP contribution < -0.4 is 14.8 Å². The predicted molar refractivity (Wildman–Crippen MR) is 97.0 cm³/mol. The van der Waals surface area contributed by atoms with Crippen molar-refractivity contribution in [2.45, 2.75) is 24.7 Å². The highest BCUT2D eigenvalue weighted by atomic mass is 35.5. The molecule has 0 aromatic heterocycles. The molecule has 1 saturated heterocycles. The maximum atomic E-state index is 12.6. The summed E-state index contributed by atoms with van der Waals surface area (Å²) in [4.78, 5) is 11.6. The molecule has 0 spiro atoms. The molecule has 1 aliphatic heterocycles. The number of rotatable bonds is 6. The number of benzene rings is 1. The van der Waals surface area contributed by atoms with Crippen molar-refractivity contribution in [3.8, 4) is 5.75 Å². The molecule has 0 unspecified atom stereocenters. The zero-order valence-electron chi connectivity index (χ0n) is 14.6. The summed E-state index contributed by atoms with van der Waals surface area (Å²) in [5.41, 5.74) is 0.163. The molecule has 1 aromatic rings. The molecule has 9 heteroatoms. The van der Waals surface area contributed by atoms with Crippen LogP contribution in [0.5, 0.6) is 5.75 Å². The molecule has 0 saturated carbocycles. The number of carbonyl (C=O) groups excluding carboxylic acids is 1. The number of esters is 1. The summed E-state index contributed by atoms with van der Waals surface area (Å²) < 4.78 is 37.7. The maximum absolute atomic E-state index is 12.6. The van der Waals surface area contributed by atoms with Gasteiger partial charge in [-0.05, 0) is 49.5 Å². The molecule has 25 heavy (non-hydrogen) atoms. The Labute approximate surface area is 154 Å². The third-order valence-electron chi connectivity index (χ3n) is 4.37. The van der Waals surface area contributed by atoms with E-state index in [0.717, 1.165) is 25.9 Å². The summed E-state index contributed by atoms with van der Waals surface area (Å²) in [5.74, 6) is -0.437. The van der Waals surface area contributed by atoms with Gasteiger partial charge in [0.2, 0.25) is 10.0 Å². The molecule has 0 aliphatic carbocycles. The lowest BCUT2D eigenvalue weighted by Crippen LogP contribution is -2.42. The number of sulfonamides is 1. The highest BCUT2D eigenvalue weighted by Gasteiger charge is 2.30. The Kier molecular flexibility index (Phi) is 7.67. The number of ether oxygens (including phenoxy) is 2. The van der Waals surface area contributed by atoms with Crippen LogP contribution in [-0.4, -0.2) is 48.2 Å². The van der Waals surface area contributed by atoms with Gasteiger partial charge in [-0.2, -0.15) is 0 Å². The highest BCUT2D eigenvalue weighted by Crippen LogP contribution is 2.29. The van der Waals surface area contributed by atoms with Gasteiger partial charge < -0.3 is 14.8 Å². The number of nitrogens with one attached hydrogen (secondary N) is 2. The fourth-order valence-corrected chi connectivity index (χ4v) is 4.04. The van der Waals surface area contributed by atoms with Gasteiger partial charge >= 0.3 is 5.97 Å². The Morgan fingerprint density at radius 3 is 2.48 bits per heavy atom. The molecule has 0 radical (unpaired) electrons.